The largest absolute Gasteiger partial charge is 0.387 e. The minimum Gasteiger partial charge on any atom is -0.387 e. The molecular weight excluding hydrogens is 422 g/mol. The number of allylic oxidation sites excluding steroid dienone is 3. The summed E-state index contributed by atoms with van der Waals surface area (Å²) in [6.07, 6.45) is 12.7. The molecule has 0 bridgehead atoms. The molecule has 0 radical (unpaired) electrons. The third-order valence-electron chi connectivity index (χ3n) is 6.89. The van der Waals surface area contributed by atoms with E-state index in [9.17, 15) is 8.78 Å². The van der Waals surface area contributed by atoms with Gasteiger partial charge in [0.05, 0.1) is 6.04 Å². The van der Waals surface area contributed by atoms with Crippen molar-refractivity contribution in [3.8, 4) is 0 Å². The zero-order chi connectivity index (χ0) is 24.0. The number of nitrogens with zero attached hydrogens (tertiary/aromatic N) is 1. The molecule has 1 aliphatic carbocycles. The van der Waals surface area contributed by atoms with Gasteiger partial charge in [0, 0.05) is 50.5 Å². The molecule has 0 amide bonds. The fourth-order valence-electron chi connectivity index (χ4n) is 4.78. The van der Waals surface area contributed by atoms with Gasteiger partial charge >= 0.3 is 0 Å². The maximum atomic E-state index is 13.7. The molecule has 0 aromatic heterocycles. The van der Waals surface area contributed by atoms with Crippen LogP contribution in [0.15, 0.2) is 47.0 Å². The van der Waals surface area contributed by atoms with Gasteiger partial charge in [-0.2, -0.15) is 0 Å². The van der Waals surface area contributed by atoms with Crippen molar-refractivity contribution in [3.05, 3.63) is 47.0 Å². The highest BCUT2D eigenvalue weighted by Crippen LogP contribution is 2.49. The Balaban J connectivity index is 1.48. The third kappa shape index (κ3) is 7.06. The number of halogens is 2. The van der Waals surface area contributed by atoms with E-state index in [1.54, 1.807) is 0 Å². The van der Waals surface area contributed by atoms with Crippen LogP contribution in [0.2, 0.25) is 0 Å². The van der Waals surface area contributed by atoms with Crippen LogP contribution in [0.1, 0.15) is 53.4 Å². The van der Waals surface area contributed by atoms with Gasteiger partial charge in [-0.25, -0.2) is 14.2 Å². The summed E-state index contributed by atoms with van der Waals surface area (Å²) < 4.78 is 32.7. The highest BCUT2D eigenvalue weighted by atomic mass is 19.3. The van der Waals surface area contributed by atoms with Crippen molar-refractivity contribution in [3.63, 3.8) is 0 Å². The van der Waals surface area contributed by atoms with Crippen LogP contribution in [0.25, 0.3) is 0 Å². The van der Waals surface area contributed by atoms with Crippen LogP contribution in [-0.4, -0.2) is 50.2 Å². The predicted octanol–water partition coefficient (Wildman–Crippen LogP) is 4.73. The minimum atomic E-state index is -2.74. The molecule has 0 aromatic carbocycles. The van der Waals surface area contributed by atoms with Crippen molar-refractivity contribution in [2.24, 2.45) is 17.8 Å². The molecular formula is C26H42F2N4O. The quantitative estimate of drug-likeness (QED) is 0.344. The molecule has 0 spiro atoms. The van der Waals surface area contributed by atoms with Crippen LogP contribution in [0.5, 0.6) is 0 Å². The fraction of sp³-hybridized carbons (Fsp3) is 0.692. The molecule has 3 rings (SSSR count). The minimum absolute atomic E-state index is 0.251. The lowest BCUT2D eigenvalue weighted by Gasteiger charge is -2.30. The van der Waals surface area contributed by atoms with Crippen LogP contribution in [0.3, 0.4) is 0 Å². The smallest absolute Gasteiger partial charge is 0.273 e. The van der Waals surface area contributed by atoms with Crippen molar-refractivity contribution in [2.75, 3.05) is 33.4 Å². The molecule has 0 saturated heterocycles. The van der Waals surface area contributed by atoms with E-state index in [2.05, 4.69) is 60.3 Å². The van der Waals surface area contributed by atoms with Gasteiger partial charge in [0.25, 0.3) is 5.92 Å². The van der Waals surface area contributed by atoms with E-state index < -0.39 is 18.4 Å². The van der Waals surface area contributed by atoms with Crippen molar-refractivity contribution in [1.29, 1.82) is 0 Å². The molecule has 2 aliphatic heterocycles. The first kappa shape index (κ1) is 25.8. The SMILES string of the molecule is CCC/C(=C/NCC1=CC(C)=C(C2CC2CCOCC(F)(F)C(C)C)N(C)C1)C1C=CNN1. The molecule has 1 fully saturated rings. The first-order chi connectivity index (χ1) is 15.7. The second kappa shape index (κ2) is 11.5. The summed E-state index contributed by atoms with van der Waals surface area (Å²) in [5.41, 5.74) is 11.8. The van der Waals surface area contributed by atoms with Gasteiger partial charge in [-0.15, -0.1) is 0 Å². The van der Waals surface area contributed by atoms with E-state index in [0.717, 1.165) is 38.8 Å². The molecule has 0 aromatic rings. The average Bonchev–Trinajstić information content (AvgIpc) is 3.27. The summed E-state index contributed by atoms with van der Waals surface area (Å²) in [5.74, 6) is -2.36. The standard InChI is InChI=1S/C26H42F2N4O/c1-6-7-22(24-8-10-30-31-24)15-29-14-20-12-19(4)25(32(5)16-20)23-13-21(23)9-11-33-17-26(27,28)18(2)3/h8,10,12,15,18,21,23-24,29-31H,6-7,9,11,13-14,16-17H2,1-5H3/b22-15-. The second-order valence-electron chi connectivity index (χ2n) is 10.1. The summed E-state index contributed by atoms with van der Waals surface area (Å²) in [7, 11) is 2.16. The third-order valence-corrected chi connectivity index (χ3v) is 6.89. The van der Waals surface area contributed by atoms with Gasteiger partial charge in [0.1, 0.15) is 6.61 Å². The second-order valence-corrected chi connectivity index (χ2v) is 10.1. The van der Waals surface area contributed by atoms with Crippen molar-refractivity contribution in [1.82, 2.24) is 21.1 Å². The fourth-order valence-corrected chi connectivity index (χ4v) is 4.78. The van der Waals surface area contributed by atoms with Gasteiger partial charge < -0.3 is 20.4 Å². The molecule has 2 heterocycles. The number of rotatable bonds is 13. The Morgan fingerprint density at radius 2 is 2.18 bits per heavy atom. The molecule has 1 saturated carbocycles. The summed E-state index contributed by atoms with van der Waals surface area (Å²) in [5, 5.41) is 3.52. The highest BCUT2D eigenvalue weighted by molar-refractivity contribution is 5.36. The molecule has 7 heteroatoms. The van der Waals surface area contributed by atoms with Crippen LogP contribution in [-0.2, 0) is 4.74 Å². The van der Waals surface area contributed by atoms with Gasteiger partial charge in [0.2, 0.25) is 0 Å². The molecule has 5 nitrogen and oxygen atoms in total. The Hall–Kier alpha value is -1.86. The van der Waals surface area contributed by atoms with E-state index in [0.29, 0.717) is 18.4 Å². The topological polar surface area (TPSA) is 48.6 Å². The zero-order valence-electron chi connectivity index (χ0n) is 20.9. The lowest BCUT2D eigenvalue weighted by molar-refractivity contribution is -0.109. The van der Waals surface area contributed by atoms with Crippen LogP contribution < -0.4 is 16.2 Å². The molecule has 3 aliphatic rings. The van der Waals surface area contributed by atoms with Gasteiger partial charge in [-0.3, -0.25) is 0 Å². The summed E-state index contributed by atoms with van der Waals surface area (Å²) in [6.45, 7) is 9.15. The van der Waals surface area contributed by atoms with Crippen LogP contribution in [0, 0.1) is 17.8 Å². The van der Waals surface area contributed by atoms with E-state index in [1.807, 2.05) is 6.20 Å². The summed E-state index contributed by atoms with van der Waals surface area (Å²) in [6, 6.07) is 0.251. The van der Waals surface area contributed by atoms with E-state index in [4.69, 9.17) is 4.74 Å². The van der Waals surface area contributed by atoms with E-state index in [1.165, 1.54) is 36.3 Å². The Labute approximate surface area is 198 Å². The van der Waals surface area contributed by atoms with Gasteiger partial charge in [0.15, 0.2) is 0 Å². The molecule has 186 valence electrons. The van der Waals surface area contributed by atoms with Crippen molar-refractivity contribution < 1.29 is 13.5 Å². The first-order valence-electron chi connectivity index (χ1n) is 12.4. The van der Waals surface area contributed by atoms with E-state index >= 15 is 0 Å². The normalized spacial score (nSPS) is 25.6. The first-order valence-corrected chi connectivity index (χ1v) is 12.4. The predicted molar refractivity (Wildman–Crippen MR) is 130 cm³/mol. The zero-order valence-corrected chi connectivity index (χ0v) is 20.9. The maximum Gasteiger partial charge on any atom is 0.273 e. The number of nitrogens with one attached hydrogen (secondary N) is 3. The van der Waals surface area contributed by atoms with Crippen LogP contribution >= 0.6 is 0 Å². The Bertz CT molecular complexity index is 787. The Kier molecular flexibility index (Phi) is 8.99. The van der Waals surface area contributed by atoms with E-state index in [-0.39, 0.29) is 6.04 Å². The maximum absolute atomic E-state index is 13.7. The number of hydrogen-bond donors (Lipinski definition) is 3. The number of ether oxygens (including phenoxy) is 1. The lowest BCUT2D eigenvalue weighted by Crippen LogP contribution is -2.33. The summed E-state index contributed by atoms with van der Waals surface area (Å²) in [4.78, 5) is 2.37. The Morgan fingerprint density at radius 3 is 2.82 bits per heavy atom. The molecule has 3 unspecified atom stereocenters. The number of alkyl halides is 2. The van der Waals surface area contributed by atoms with Gasteiger partial charge in [-0.1, -0.05) is 33.3 Å². The monoisotopic (exact) mass is 464 g/mol. The Morgan fingerprint density at radius 1 is 1.39 bits per heavy atom. The lowest BCUT2D eigenvalue weighted by atomic mass is 10.0. The van der Waals surface area contributed by atoms with Gasteiger partial charge in [-0.05, 0) is 61.1 Å². The molecule has 3 N–H and O–H groups in total. The summed E-state index contributed by atoms with van der Waals surface area (Å²) >= 11 is 0. The number of hydrazine groups is 1. The highest BCUT2D eigenvalue weighted by Gasteiger charge is 2.42. The van der Waals surface area contributed by atoms with Crippen LogP contribution in [0.4, 0.5) is 8.78 Å². The van der Waals surface area contributed by atoms with Crippen molar-refractivity contribution >= 4 is 0 Å². The molecule has 33 heavy (non-hydrogen) atoms. The number of hydrogen-bond acceptors (Lipinski definition) is 5. The van der Waals surface area contributed by atoms with Crippen molar-refractivity contribution in [2.45, 2.75) is 65.3 Å². The number of likely N-dealkylation sites (N-methyl/N-ethyl adjacent to an activating group) is 1. The average molecular weight is 465 g/mol. The molecule has 3 atom stereocenters.